The number of hydrogen-bond donors (Lipinski definition) is 0. The maximum atomic E-state index is 12.7. The van der Waals surface area contributed by atoms with Crippen molar-refractivity contribution in [2.45, 2.75) is 12.3 Å². The Kier molecular flexibility index (Phi) is 4.07. The molecule has 1 aliphatic rings. The lowest BCUT2D eigenvalue weighted by atomic mass is 10.1. The molecule has 0 bridgehead atoms. The van der Waals surface area contributed by atoms with Gasteiger partial charge in [-0.2, -0.15) is 13.2 Å². The van der Waals surface area contributed by atoms with Crippen molar-refractivity contribution in [3.63, 3.8) is 0 Å². The largest absolute Gasteiger partial charge is 0.471 e. The van der Waals surface area contributed by atoms with Gasteiger partial charge in [-0.05, 0) is 23.6 Å². The number of alkyl halides is 3. The van der Waals surface area contributed by atoms with E-state index in [1.54, 1.807) is 4.90 Å². The van der Waals surface area contributed by atoms with Gasteiger partial charge in [-0.15, -0.1) is 11.3 Å². The molecule has 0 radical (unpaired) electrons. The highest BCUT2D eigenvalue weighted by molar-refractivity contribution is 7.20. The first-order valence-corrected chi connectivity index (χ1v) is 8.69. The van der Waals surface area contributed by atoms with E-state index < -0.39 is 11.7 Å². The van der Waals surface area contributed by atoms with E-state index >= 15 is 0 Å². The van der Waals surface area contributed by atoms with Crippen molar-refractivity contribution in [1.29, 1.82) is 0 Å². The molecule has 4 rings (SSSR count). The van der Waals surface area contributed by atoms with E-state index in [0.29, 0.717) is 18.0 Å². The molecular formula is C18H13F3N2O2S. The molecular weight excluding hydrogens is 365 g/mol. The molecule has 0 saturated carbocycles. The normalized spacial score (nSPS) is 15.1. The van der Waals surface area contributed by atoms with Crippen molar-refractivity contribution in [2.24, 2.45) is 0 Å². The Morgan fingerprint density at radius 3 is 2.69 bits per heavy atom. The fourth-order valence-corrected chi connectivity index (χ4v) is 3.77. The standard InChI is InChI=1S/C18H13F3N2O2S/c19-18(20,21)12-5-6-22-16(8-12)25-13-9-23(10-13)17(24)15-7-11-3-1-2-4-14(11)26-15/h1-8,13H,9-10H2. The van der Waals surface area contributed by atoms with E-state index in [1.807, 2.05) is 30.3 Å². The molecule has 0 N–H and O–H groups in total. The van der Waals surface area contributed by atoms with Crippen LogP contribution in [0.4, 0.5) is 13.2 Å². The Morgan fingerprint density at radius 2 is 1.96 bits per heavy atom. The summed E-state index contributed by atoms with van der Waals surface area (Å²) in [5.74, 6) is -0.179. The van der Waals surface area contributed by atoms with Gasteiger partial charge in [-0.1, -0.05) is 18.2 Å². The third kappa shape index (κ3) is 3.24. The number of likely N-dealkylation sites (tertiary alicyclic amines) is 1. The van der Waals surface area contributed by atoms with Crippen LogP contribution in [0.1, 0.15) is 15.2 Å². The fourth-order valence-electron chi connectivity index (χ4n) is 2.74. The first-order chi connectivity index (χ1) is 12.4. The maximum absolute atomic E-state index is 12.7. The average molecular weight is 378 g/mol. The van der Waals surface area contributed by atoms with Gasteiger partial charge >= 0.3 is 6.18 Å². The van der Waals surface area contributed by atoms with Crippen LogP contribution in [0.25, 0.3) is 10.1 Å². The molecule has 3 heterocycles. The van der Waals surface area contributed by atoms with Crippen molar-refractivity contribution in [1.82, 2.24) is 9.88 Å². The summed E-state index contributed by atoms with van der Waals surface area (Å²) in [6.45, 7) is 0.649. The van der Waals surface area contributed by atoms with Crippen molar-refractivity contribution in [2.75, 3.05) is 13.1 Å². The van der Waals surface area contributed by atoms with Crippen molar-refractivity contribution >= 4 is 27.3 Å². The number of carbonyl (C=O) groups is 1. The molecule has 3 aromatic rings. The Morgan fingerprint density at radius 1 is 1.19 bits per heavy atom. The third-order valence-electron chi connectivity index (χ3n) is 4.12. The van der Waals surface area contributed by atoms with Crippen LogP contribution in [-0.2, 0) is 6.18 Å². The number of rotatable bonds is 3. The molecule has 1 aliphatic heterocycles. The van der Waals surface area contributed by atoms with Crippen LogP contribution >= 0.6 is 11.3 Å². The third-order valence-corrected chi connectivity index (χ3v) is 5.23. The van der Waals surface area contributed by atoms with Crippen molar-refractivity contribution in [3.8, 4) is 5.88 Å². The minimum Gasteiger partial charge on any atom is -0.471 e. The number of hydrogen-bond acceptors (Lipinski definition) is 4. The Hall–Kier alpha value is -2.61. The first kappa shape index (κ1) is 16.8. The second kappa shape index (κ2) is 6.28. The van der Waals surface area contributed by atoms with Gasteiger partial charge in [0.1, 0.15) is 6.10 Å². The molecule has 1 amide bonds. The van der Waals surface area contributed by atoms with E-state index in [9.17, 15) is 18.0 Å². The van der Waals surface area contributed by atoms with Crippen molar-refractivity contribution < 1.29 is 22.7 Å². The number of benzene rings is 1. The summed E-state index contributed by atoms with van der Waals surface area (Å²) in [6, 6.07) is 11.4. The van der Waals surface area contributed by atoms with Crippen LogP contribution in [0.2, 0.25) is 0 Å². The number of carbonyl (C=O) groups excluding carboxylic acids is 1. The molecule has 4 nitrogen and oxygen atoms in total. The van der Waals surface area contributed by atoms with E-state index in [-0.39, 0.29) is 17.9 Å². The predicted octanol–water partition coefficient (Wildman–Crippen LogP) is 4.22. The summed E-state index contributed by atoms with van der Waals surface area (Å²) in [6.07, 6.45) is -3.73. The number of thiophene rings is 1. The SMILES string of the molecule is O=C(c1cc2ccccc2s1)N1CC(Oc2cc(C(F)(F)F)ccn2)C1. The van der Waals surface area contributed by atoms with Gasteiger partial charge in [0.25, 0.3) is 5.91 Å². The van der Waals surface area contributed by atoms with Crippen LogP contribution in [0, 0.1) is 0 Å². The molecule has 0 aliphatic carbocycles. The zero-order valence-electron chi connectivity index (χ0n) is 13.4. The number of halogens is 3. The lowest BCUT2D eigenvalue weighted by molar-refractivity contribution is -0.137. The highest BCUT2D eigenvalue weighted by atomic mass is 32.1. The summed E-state index contributed by atoms with van der Waals surface area (Å²) < 4.78 is 44.6. The van der Waals surface area contributed by atoms with Gasteiger partial charge in [0.05, 0.1) is 23.5 Å². The Labute approximate surface area is 150 Å². The zero-order chi connectivity index (χ0) is 18.3. The van der Waals surface area contributed by atoms with Crippen LogP contribution in [0.5, 0.6) is 5.88 Å². The van der Waals surface area contributed by atoms with Gasteiger partial charge < -0.3 is 9.64 Å². The molecule has 2 aromatic heterocycles. The maximum Gasteiger partial charge on any atom is 0.416 e. The van der Waals surface area contributed by atoms with E-state index in [4.69, 9.17) is 4.74 Å². The number of nitrogens with zero attached hydrogens (tertiary/aromatic N) is 2. The zero-order valence-corrected chi connectivity index (χ0v) is 14.2. The molecule has 1 aromatic carbocycles. The van der Waals surface area contributed by atoms with E-state index in [0.717, 1.165) is 28.4 Å². The molecule has 134 valence electrons. The lowest BCUT2D eigenvalue weighted by Gasteiger charge is -2.38. The molecule has 1 fully saturated rings. The smallest absolute Gasteiger partial charge is 0.416 e. The van der Waals surface area contributed by atoms with Crippen LogP contribution < -0.4 is 4.74 Å². The summed E-state index contributed by atoms with van der Waals surface area (Å²) in [4.78, 5) is 18.6. The minimum atomic E-state index is -4.44. The molecule has 0 spiro atoms. The topological polar surface area (TPSA) is 42.4 Å². The van der Waals surface area contributed by atoms with Crippen molar-refractivity contribution in [3.05, 3.63) is 59.1 Å². The molecule has 1 saturated heterocycles. The molecule has 0 unspecified atom stereocenters. The molecule has 8 heteroatoms. The highest BCUT2D eigenvalue weighted by Crippen LogP contribution is 2.31. The van der Waals surface area contributed by atoms with Gasteiger partial charge in [0.15, 0.2) is 0 Å². The number of fused-ring (bicyclic) bond motifs is 1. The number of amides is 1. The summed E-state index contributed by atoms with van der Waals surface area (Å²) in [5.41, 5.74) is -0.806. The van der Waals surface area contributed by atoms with Gasteiger partial charge in [0.2, 0.25) is 5.88 Å². The first-order valence-electron chi connectivity index (χ1n) is 7.88. The number of pyridine rings is 1. The molecule has 26 heavy (non-hydrogen) atoms. The quantitative estimate of drug-likeness (QED) is 0.685. The summed E-state index contributed by atoms with van der Waals surface area (Å²) >= 11 is 1.42. The lowest BCUT2D eigenvalue weighted by Crippen LogP contribution is -2.56. The number of ether oxygens (including phenoxy) is 1. The van der Waals surface area contributed by atoms with Crippen LogP contribution in [-0.4, -0.2) is 35.0 Å². The predicted molar refractivity (Wildman–Crippen MR) is 91.4 cm³/mol. The second-order valence-corrected chi connectivity index (χ2v) is 7.06. The minimum absolute atomic E-state index is 0.0845. The van der Waals surface area contributed by atoms with Crippen LogP contribution in [0.15, 0.2) is 48.7 Å². The fraction of sp³-hybridized carbons (Fsp3) is 0.222. The monoisotopic (exact) mass is 378 g/mol. The van der Waals surface area contributed by atoms with Gasteiger partial charge in [0, 0.05) is 17.0 Å². The van der Waals surface area contributed by atoms with Crippen LogP contribution in [0.3, 0.4) is 0 Å². The number of aromatic nitrogens is 1. The Bertz CT molecular complexity index is 931. The summed E-state index contributed by atoms with van der Waals surface area (Å²) in [7, 11) is 0. The second-order valence-electron chi connectivity index (χ2n) is 5.98. The van der Waals surface area contributed by atoms with Gasteiger partial charge in [-0.25, -0.2) is 4.98 Å². The van der Waals surface area contributed by atoms with E-state index in [2.05, 4.69) is 4.98 Å². The molecule has 0 atom stereocenters. The highest BCUT2D eigenvalue weighted by Gasteiger charge is 2.35. The van der Waals surface area contributed by atoms with E-state index in [1.165, 1.54) is 11.3 Å². The Balaban J connectivity index is 1.39. The summed E-state index contributed by atoms with van der Waals surface area (Å²) in [5, 5.41) is 1.02. The van der Waals surface area contributed by atoms with Gasteiger partial charge in [-0.3, -0.25) is 4.79 Å². The average Bonchev–Trinajstić information content (AvgIpc) is 3.01.